The van der Waals surface area contributed by atoms with Crippen molar-refractivity contribution in [3.05, 3.63) is 35.9 Å². The Morgan fingerprint density at radius 1 is 0.613 bits per heavy atom. The molecule has 1 atom stereocenters. The lowest BCUT2D eigenvalue weighted by Gasteiger charge is -2.12. The molecule has 0 aliphatic carbocycles. The van der Waals surface area contributed by atoms with Gasteiger partial charge in [-0.3, -0.25) is 9.59 Å². The first kappa shape index (κ1) is 27.2. The number of carboxylic acids is 2. The summed E-state index contributed by atoms with van der Waals surface area (Å²) in [7, 11) is 0. The van der Waals surface area contributed by atoms with Crippen molar-refractivity contribution in [3.63, 3.8) is 0 Å². The molecule has 0 saturated carbocycles. The number of carboxylic acid groups (broad SMARTS) is 2. The third-order valence-corrected chi connectivity index (χ3v) is 6.12. The van der Waals surface area contributed by atoms with Crippen LogP contribution in [0.15, 0.2) is 30.3 Å². The second-order valence-corrected chi connectivity index (χ2v) is 8.96. The van der Waals surface area contributed by atoms with E-state index in [2.05, 4.69) is 0 Å². The Labute approximate surface area is 189 Å². The molecule has 1 unspecified atom stereocenters. The number of hydrogen-bond donors (Lipinski definition) is 2. The minimum Gasteiger partial charge on any atom is -0.481 e. The summed E-state index contributed by atoms with van der Waals surface area (Å²) in [6, 6.07) is 9.95. The molecule has 0 aliphatic heterocycles. The highest BCUT2D eigenvalue weighted by Gasteiger charge is 2.17. The van der Waals surface area contributed by atoms with Crippen LogP contribution < -0.4 is 0 Å². The van der Waals surface area contributed by atoms with E-state index in [1.165, 1.54) is 70.6 Å². The Balaban J connectivity index is 1.85. The van der Waals surface area contributed by atoms with Gasteiger partial charge in [0.15, 0.2) is 0 Å². The zero-order valence-electron chi connectivity index (χ0n) is 19.4. The van der Waals surface area contributed by atoms with Crippen LogP contribution >= 0.6 is 0 Å². The maximum Gasteiger partial charge on any atom is 0.306 e. The van der Waals surface area contributed by atoms with Crippen LogP contribution in [0.3, 0.4) is 0 Å². The van der Waals surface area contributed by atoms with Crippen molar-refractivity contribution in [3.8, 4) is 0 Å². The van der Waals surface area contributed by atoms with Crippen molar-refractivity contribution in [2.75, 3.05) is 0 Å². The lowest BCUT2D eigenvalue weighted by Crippen LogP contribution is -2.16. The predicted octanol–water partition coefficient (Wildman–Crippen LogP) is 7.65. The van der Waals surface area contributed by atoms with Crippen LogP contribution in [0.2, 0.25) is 0 Å². The van der Waals surface area contributed by atoms with Gasteiger partial charge >= 0.3 is 11.9 Å². The zero-order chi connectivity index (χ0) is 22.6. The molecular formula is C27H44O4. The smallest absolute Gasteiger partial charge is 0.306 e. The molecule has 1 aromatic carbocycles. The lowest BCUT2D eigenvalue weighted by atomic mass is 9.93. The van der Waals surface area contributed by atoms with E-state index in [9.17, 15) is 14.7 Å². The summed E-state index contributed by atoms with van der Waals surface area (Å²) in [4.78, 5) is 21.9. The highest BCUT2D eigenvalue weighted by Crippen LogP contribution is 2.18. The summed E-state index contributed by atoms with van der Waals surface area (Å²) in [5.74, 6) is -1.60. The van der Waals surface area contributed by atoms with Crippen molar-refractivity contribution < 1.29 is 19.8 Å². The van der Waals surface area contributed by atoms with E-state index in [0.717, 1.165) is 37.7 Å². The van der Waals surface area contributed by atoms with Crippen LogP contribution in [0.5, 0.6) is 0 Å². The van der Waals surface area contributed by atoms with Gasteiger partial charge in [0, 0.05) is 6.42 Å². The maximum absolute atomic E-state index is 11.5. The average Bonchev–Trinajstić information content (AvgIpc) is 2.75. The quantitative estimate of drug-likeness (QED) is 0.196. The fourth-order valence-electron chi connectivity index (χ4n) is 4.18. The van der Waals surface area contributed by atoms with Gasteiger partial charge in [-0.25, -0.2) is 0 Å². The molecule has 0 radical (unpaired) electrons. The normalized spacial score (nSPS) is 12.0. The standard InChI is InChI=1S/C27H44O4/c28-26(29)22-18-13-11-9-7-5-3-1-2-4-6-8-10-12-17-21-25(27(30)31)23-24-19-15-14-16-20-24/h14-16,19-20,25H,1-13,17-18,21-23H2,(H,28,29)(H,30,31). The minimum atomic E-state index is -0.675. The summed E-state index contributed by atoms with van der Waals surface area (Å²) in [6.07, 6.45) is 19.9. The number of rotatable bonds is 21. The van der Waals surface area contributed by atoms with E-state index in [1.54, 1.807) is 0 Å². The van der Waals surface area contributed by atoms with Crippen LogP contribution in [0.25, 0.3) is 0 Å². The monoisotopic (exact) mass is 432 g/mol. The fraction of sp³-hybridized carbons (Fsp3) is 0.704. The van der Waals surface area contributed by atoms with Gasteiger partial charge in [0.25, 0.3) is 0 Å². The molecule has 4 heteroatoms. The number of carbonyl (C=O) groups is 2. The average molecular weight is 433 g/mol. The summed E-state index contributed by atoms with van der Waals surface area (Å²) >= 11 is 0. The second-order valence-electron chi connectivity index (χ2n) is 8.96. The Bertz CT molecular complexity index is 570. The van der Waals surface area contributed by atoms with E-state index < -0.39 is 11.9 Å². The Morgan fingerprint density at radius 2 is 1.03 bits per heavy atom. The molecule has 4 nitrogen and oxygen atoms in total. The van der Waals surface area contributed by atoms with Crippen molar-refractivity contribution in [1.29, 1.82) is 0 Å². The van der Waals surface area contributed by atoms with Crippen LogP contribution in [0.4, 0.5) is 0 Å². The van der Waals surface area contributed by atoms with E-state index >= 15 is 0 Å². The fourth-order valence-corrected chi connectivity index (χ4v) is 4.18. The van der Waals surface area contributed by atoms with Gasteiger partial charge in [0.1, 0.15) is 0 Å². The minimum absolute atomic E-state index is 0.257. The van der Waals surface area contributed by atoms with E-state index in [1.807, 2.05) is 30.3 Å². The number of hydrogen-bond acceptors (Lipinski definition) is 2. The van der Waals surface area contributed by atoms with Gasteiger partial charge in [-0.05, 0) is 24.8 Å². The molecule has 0 fully saturated rings. The highest BCUT2D eigenvalue weighted by atomic mass is 16.4. The molecule has 1 rings (SSSR count). The van der Waals surface area contributed by atoms with Crippen molar-refractivity contribution in [1.82, 2.24) is 0 Å². The van der Waals surface area contributed by atoms with Gasteiger partial charge in [0.05, 0.1) is 5.92 Å². The highest BCUT2D eigenvalue weighted by molar-refractivity contribution is 5.70. The molecule has 0 amide bonds. The van der Waals surface area contributed by atoms with E-state index in [0.29, 0.717) is 12.8 Å². The van der Waals surface area contributed by atoms with Gasteiger partial charge < -0.3 is 10.2 Å². The molecule has 0 bridgehead atoms. The molecule has 2 N–H and O–H groups in total. The van der Waals surface area contributed by atoms with Crippen molar-refractivity contribution in [2.45, 2.75) is 116 Å². The number of aliphatic carboxylic acids is 2. The van der Waals surface area contributed by atoms with Gasteiger partial charge in [-0.15, -0.1) is 0 Å². The van der Waals surface area contributed by atoms with Crippen molar-refractivity contribution >= 4 is 11.9 Å². The third kappa shape index (κ3) is 16.5. The van der Waals surface area contributed by atoms with Crippen LogP contribution in [-0.2, 0) is 16.0 Å². The largest absolute Gasteiger partial charge is 0.481 e. The Hall–Kier alpha value is -1.84. The van der Waals surface area contributed by atoms with Crippen LogP contribution in [0.1, 0.15) is 115 Å². The van der Waals surface area contributed by atoms with Crippen molar-refractivity contribution in [2.24, 2.45) is 5.92 Å². The first-order chi connectivity index (χ1) is 15.1. The van der Waals surface area contributed by atoms with Gasteiger partial charge in [-0.1, -0.05) is 120 Å². The Morgan fingerprint density at radius 3 is 1.45 bits per heavy atom. The molecular weight excluding hydrogens is 388 g/mol. The molecule has 0 aromatic heterocycles. The zero-order valence-corrected chi connectivity index (χ0v) is 19.4. The molecule has 0 spiro atoms. The van der Waals surface area contributed by atoms with Gasteiger partial charge in [-0.2, -0.15) is 0 Å². The summed E-state index contributed by atoms with van der Waals surface area (Å²) in [5.41, 5.74) is 1.12. The number of unbranched alkanes of at least 4 members (excludes halogenated alkanes) is 14. The SMILES string of the molecule is O=C(O)CCCCCCCCCCCCCCCCCC(Cc1ccccc1)C(=O)O. The first-order valence-corrected chi connectivity index (χ1v) is 12.6. The summed E-state index contributed by atoms with van der Waals surface area (Å²) in [5, 5.41) is 18.1. The molecule has 0 aliphatic rings. The number of benzene rings is 1. The van der Waals surface area contributed by atoms with Crippen LogP contribution in [-0.4, -0.2) is 22.2 Å². The maximum atomic E-state index is 11.5. The summed E-state index contributed by atoms with van der Waals surface area (Å²) in [6.45, 7) is 0. The molecule has 0 saturated heterocycles. The summed E-state index contributed by atoms with van der Waals surface area (Å²) < 4.78 is 0. The van der Waals surface area contributed by atoms with E-state index in [4.69, 9.17) is 5.11 Å². The lowest BCUT2D eigenvalue weighted by molar-refractivity contribution is -0.142. The third-order valence-electron chi connectivity index (χ3n) is 6.12. The van der Waals surface area contributed by atoms with E-state index in [-0.39, 0.29) is 5.92 Å². The molecule has 0 heterocycles. The Kier molecular flexibility index (Phi) is 16.6. The molecule has 1 aromatic rings. The predicted molar refractivity (Wildman–Crippen MR) is 127 cm³/mol. The molecule has 176 valence electrons. The first-order valence-electron chi connectivity index (χ1n) is 12.6. The topological polar surface area (TPSA) is 74.6 Å². The molecule has 31 heavy (non-hydrogen) atoms. The van der Waals surface area contributed by atoms with Gasteiger partial charge in [0.2, 0.25) is 0 Å². The second kappa shape index (κ2) is 18.9. The van der Waals surface area contributed by atoms with Crippen LogP contribution in [0, 0.1) is 5.92 Å².